The molecule has 0 saturated carbocycles. The first kappa shape index (κ1) is 14.1. The molecule has 1 aliphatic rings. The summed E-state index contributed by atoms with van der Waals surface area (Å²) in [5, 5.41) is 2.52. The zero-order valence-corrected chi connectivity index (χ0v) is 11.5. The van der Waals surface area contributed by atoms with Crippen molar-refractivity contribution >= 4 is 28.9 Å². The van der Waals surface area contributed by atoms with Gasteiger partial charge in [-0.3, -0.25) is 19.2 Å². The molecule has 1 atom stereocenters. The number of rotatable bonds is 3. The van der Waals surface area contributed by atoms with E-state index in [1.54, 1.807) is 26.0 Å². The van der Waals surface area contributed by atoms with Gasteiger partial charge < -0.3 is 5.32 Å². The number of ketones is 3. The third kappa shape index (κ3) is 2.15. The van der Waals surface area contributed by atoms with Crippen LogP contribution in [0, 0.1) is 11.8 Å². The Hall–Kier alpha value is -2.30. The van der Waals surface area contributed by atoms with Crippen LogP contribution in [-0.4, -0.2) is 23.3 Å². The normalized spacial score (nSPS) is 17.3. The molecule has 104 valence electrons. The van der Waals surface area contributed by atoms with Crippen molar-refractivity contribution in [1.82, 2.24) is 0 Å². The minimum atomic E-state index is -1.26. The second-order valence-electron chi connectivity index (χ2n) is 5.13. The summed E-state index contributed by atoms with van der Waals surface area (Å²) in [5.74, 6) is -3.38. The highest BCUT2D eigenvalue weighted by Gasteiger charge is 2.45. The summed E-state index contributed by atoms with van der Waals surface area (Å²) < 4.78 is 0. The summed E-state index contributed by atoms with van der Waals surface area (Å²) in [6.45, 7) is 4.62. The van der Waals surface area contributed by atoms with Crippen molar-refractivity contribution in [2.75, 3.05) is 5.32 Å². The highest BCUT2D eigenvalue weighted by Crippen LogP contribution is 2.33. The fourth-order valence-corrected chi connectivity index (χ4v) is 2.33. The number of carbonyl (C=O) groups is 4. The van der Waals surface area contributed by atoms with Crippen LogP contribution in [0.25, 0.3) is 0 Å². The molecule has 0 radical (unpaired) electrons. The van der Waals surface area contributed by atoms with Crippen LogP contribution in [0.3, 0.4) is 0 Å². The van der Waals surface area contributed by atoms with Gasteiger partial charge in [-0.1, -0.05) is 26.0 Å². The zero-order chi connectivity index (χ0) is 15.0. The van der Waals surface area contributed by atoms with Crippen LogP contribution in [0.15, 0.2) is 18.2 Å². The Morgan fingerprint density at radius 2 is 1.80 bits per heavy atom. The molecule has 1 aromatic carbocycles. The highest BCUT2D eigenvalue weighted by molar-refractivity contribution is 6.37. The topological polar surface area (TPSA) is 80.3 Å². The molecule has 0 aliphatic heterocycles. The molecule has 0 heterocycles. The summed E-state index contributed by atoms with van der Waals surface area (Å²) in [4.78, 5) is 47.8. The third-order valence-electron chi connectivity index (χ3n) is 3.26. The first-order chi connectivity index (χ1) is 9.34. The van der Waals surface area contributed by atoms with Gasteiger partial charge in [0.1, 0.15) is 5.92 Å². The standard InChI is InChI=1S/C15H15NO4/c1-7(2)13(18)12-14(19)9-5-4-6-10(16-8(3)17)11(9)15(12)20/h4-7,12H,1-3H3,(H,16,17). The summed E-state index contributed by atoms with van der Waals surface area (Å²) >= 11 is 0. The van der Waals surface area contributed by atoms with Gasteiger partial charge in [-0.15, -0.1) is 0 Å². The van der Waals surface area contributed by atoms with Crippen molar-refractivity contribution in [2.24, 2.45) is 11.8 Å². The molecule has 1 N–H and O–H groups in total. The zero-order valence-electron chi connectivity index (χ0n) is 11.5. The molecule has 5 nitrogen and oxygen atoms in total. The van der Waals surface area contributed by atoms with E-state index >= 15 is 0 Å². The quantitative estimate of drug-likeness (QED) is 0.852. The molecule has 2 rings (SSSR count). The van der Waals surface area contributed by atoms with Crippen molar-refractivity contribution in [1.29, 1.82) is 0 Å². The summed E-state index contributed by atoms with van der Waals surface area (Å²) in [6, 6.07) is 4.64. The van der Waals surface area contributed by atoms with Crippen LogP contribution in [0.5, 0.6) is 0 Å². The van der Waals surface area contributed by atoms with E-state index in [2.05, 4.69) is 5.32 Å². The molecule has 0 saturated heterocycles. The van der Waals surface area contributed by atoms with E-state index in [0.29, 0.717) is 0 Å². The maximum Gasteiger partial charge on any atom is 0.221 e. The molecule has 0 spiro atoms. The highest BCUT2D eigenvalue weighted by atomic mass is 16.2. The Kier molecular flexibility index (Phi) is 3.53. The fraction of sp³-hybridized carbons (Fsp3) is 0.333. The molecular weight excluding hydrogens is 258 g/mol. The van der Waals surface area contributed by atoms with Gasteiger partial charge in [-0.05, 0) is 6.07 Å². The van der Waals surface area contributed by atoms with Gasteiger partial charge in [0.15, 0.2) is 17.3 Å². The van der Waals surface area contributed by atoms with Crippen LogP contribution < -0.4 is 5.32 Å². The number of amides is 1. The van der Waals surface area contributed by atoms with E-state index in [9.17, 15) is 19.2 Å². The van der Waals surface area contributed by atoms with Gasteiger partial charge in [0.05, 0.1) is 11.3 Å². The van der Waals surface area contributed by atoms with Crippen molar-refractivity contribution < 1.29 is 19.2 Å². The minimum absolute atomic E-state index is 0.145. The molecule has 5 heteroatoms. The Morgan fingerprint density at radius 1 is 1.15 bits per heavy atom. The maximum atomic E-state index is 12.4. The summed E-state index contributed by atoms with van der Waals surface area (Å²) in [5.41, 5.74) is 0.638. The lowest BCUT2D eigenvalue weighted by molar-refractivity contribution is -0.123. The molecular formula is C15H15NO4. The lowest BCUT2D eigenvalue weighted by atomic mass is 9.91. The molecule has 1 aromatic rings. The van der Waals surface area contributed by atoms with Gasteiger partial charge in [0, 0.05) is 18.4 Å². The molecule has 20 heavy (non-hydrogen) atoms. The maximum absolute atomic E-state index is 12.4. The SMILES string of the molecule is CC(=O)Nc1cccc2c1C(=O)C(C(=O)C(C)C)C2=O. The second kappa shape index (κ2) is 5.00. The van der Waals surface area contributed by atoms with Crippen molar-refractivity contribution in [3.05, 3.63) is 29.3 Å². The third-order valence-corrected chi connectivity index (χ3v) is 3.26. The van der Waals surface area contributed by atoms with E-state index in [0.717, 1.165) is 0 Å². The molecule has 1 unspecified atom stereocenters. The van der Waals surface area contributed by atoms with Crippen molar-refractivity contribution in [3.63, 3.8) is 0 Å². The number of hydrogen-bond acceptors (Lipinski definition) is 4. The Balaban J connectivity index is 2.51. The van der Waals surface area contributed by atoms with Gasteiger partial charge in [0.25, 0.3) is 0 Å². The average Bonchev–Trinajstić information content (AvgIpc) is 2.61. The van der Waals surface area contributed by atoms with Gasteiger partial charge in [-0.25, -0.2) is 0 Å². The number of anilines is 1. The number of carbonyl (C=O) groups excluding carboxylic acids is 4. The van der Waals surface area contributed by atoms with E-state index in [1.165, 1.54) is 13.0 Å². The van der Waals surface area contributed by atoms with Crippen LogP contribution >= 0.6 is 0 Å². The Morgan fingerprint density at radius 3 is 2.35 bits per heavy atom. The van der Waals surface area contributed by atoms with Gasteiger partial charge in [-0.2, -0.15) is 0 Å². The van der Waals surface area contributed by atoms with Crippen LogP contribution in [0.4, 0.5) is 5.69 Å². The summed E-state index contributed by atoms with van der Waals surface area (Å²) in [6.07, 6.45) is 0. The van der Waals surface area contributed by atoms with Crippen LogP contribution in [0.1, 0.15) is 41.5 Å². The molecule has 0 bridgehead atoms. The number of fused-ring (bicyclic) bond motifs is 1. The molecule has 1 amide bonds. The van der Waals surface area contributed by atoms with E-state index < -0.39 is 23.4 Å². The van der Waals surface area contributed by atoms with E-state index in [-0.39, 0.29) is 28.5 Å². The predicted octanol–water partition coefficient (Wildman–Crippen LogP) is 1.87. The summed E-state index contributed by atoms with van der Waals surface area (Å²) in [7, 11) is 0. The monoisotopic (exact) mass is 273 g/mol. The first-order valence-electron chi connectivity index (χ1n) is 6.37. The smallest absolute Gasteiger partial charge is 0.221 e. The van der Waals surface area contributed by atoms with Gasteiger partial charge in [0.2, 0.25) is 5.91 Å². The van der Waals surface area contributed by atoms with Crippen molar-refractivity contribution in [2.45, 2.75) is 20.8 Å². The van der Waals surface area contributed by atoms with E-state index in [4.69, 9.17) is 0 Å². The Bertz CT molecular complexity index is 631. The number of nitrogens with one attached hydrogen (secondary N) is 1. The molecule has 0 fully saturated rings. The first-order valence-corrected chi connectivity index (χ1v) is 6.37. The van der Waals surface area contributed by atoms with Gasteiger partial charge >= 0.3 is 0 Å². The lowest BCUT2D eigenvalue weighted by Gasteiger charge is -2.09. The molecule has 1 aliphatic carbocycles. The average molecular weight is 273 g/mol. The number of hydrogen-bond donors (Lipinski definition) is 1. The number of benzene rings is 1. The minimum Gasteiger partial charge on any atom is -0.326 e. The van der Waals surface area contributed by atoms with Crippen LogP contribution in [0.2, 0.25) is 0 Å². The number of Topliss-reactive ketones (excluding diaryl/α,β-unsaturated/α-hetero) is 3. The van der Waals surface area contributed by atoms with E-state index in [1.807, 2.05) is 0 Å². The fourth-order valence-electron chi connectivity index (χ4n) is 2.33. The Labute approximate surface area is 116 Å². The molecule has 0 aromatic heterocycles. The largest absolute Gasteiger partial charge is 0.326 e. The van der Waals surface area contributed by atoms with Crippen molar-refractivity contribution in [3.8, 4) is 0 Å². The van der Waals surface area contributed by atoms with Crippen LogP contribution in [-0.2, 0) is 9.59 Å². The predicted molar refractivity (Wildman–Crippen MR) is 72.7 cm³/mol. The second-order valence-corrected chi connectivity index (χ2v) is 5.13. The lowest BCUT2D eigenvalue weighted by Crippen LogP contribution is -2.29.